The largest absolute Gasteiger partial charge is 0.480 e. The molecule has 31 heavy (non-hydrogen) atoms. The normalized spacial score (nSPS) is 20.4. The van der Waals surface area contributed by atoms with Crippen molar-refractivity contribution in [2.24, 2.45) is 0 Å². The molecule has 1 fully saturated rings. The van der Waals surface area contributed by atoms with Gasteiger partial charge in [0.15, 0.2) is 0 Å². The van der Waals surface area contributed by atoms with E-state index in [1.165, 1.54) is 0 Å². The molecule has 0 spiro atoms. The van der Waals surface area contributed by atoms with Crippen molar-refractivity contribution in [3.8, 4) is 17.0 Å². The Bertz CT molecular complexity index is 1290. The van der Waals surface area contributed by atoms with E-state index in [1.54, 1.807) is 20.2 Å². The van der Waals surface area contributed by atoms with E-state index in [1.807, 2.05) is 31.3 Å². The van der Waals surface area contributed by atoms with Crippen LogP contribution >= 0.6 is 0 Å². The van der Waals surface area contributed by atoms with E-state index < -0.39 is 0 Å². The highest BCUT2D eigenvalue weighted by atomic mass is 16.5. The summed E-state index contributed by atoms with van der Waals surface area (Å²) in [6.45, 7) is 3.59. The molecule has 158 valence electrons. The second-order valence-corrected chi connectivity index (χ2v) is 8.28. The van der Waals surface area contributed by atoms with Gasteiger partial charge in [-0.25, -0.2) is 0 Å². The van der Waals surface area contributed by atoms with Crippen LogP contribution in [0.15, 0.2) is 36.7 Å². The Morgan fingerprint density at radius 3 is 2.87 bits per heavy atom. The summed E-state index contributed by atoms with van der Waals surface area (Å²) in [6.07, 6.45) is 5.22. The Labute approximate surface area is 178 Å². The highest BCUT2D eigenvalue weighted by Gasteiger charge is 2.41. The lowest BCUT2D eigenvalue weighted by Gasteiger charge is -2.45. The first kappa shape index (κ1) is 19.2. The number of amides is 1. The molecule has 1 aliphatic rings. The minimum absolute atomic E-state index is 0.0139. The first-order valence-corrected chi connectivity index (χ1v) is 10.1. The molecular formula is C22H23N7O2. The van der Waals surface area contributed by atoms with Gasteiger partial charge in [0.1, 0.15) is 5.65 Å². The number of anilines is 1. The van der Waals surface area contributed by atoms with Gasteiger partial charge in [-0.15, -0.1) is 0 Å². The van der Waals surface area contributed by atoms with Crippen LogP contribution in [0.1, 0.15) is 26.7 Å². The fourth-order valence-electron chi connectivity index (χ4n) is 4.44. The molecule has 3 N–H and O–H groups in total. The Kier molecular flexibility index (Phi) is 4.46. The third kappa shape index (κ3) is 3.52. The quantitative estimate of drug-likeness (QED) is 0.457. The number of carbonyl (C=O) groups is 1. The average molecular weight is 417 g/mol. The van der Waals surface area contributed by atoms with Gasteiger partial charge in [0, 0.05) is 35.7 Å². The van der Waals surface area contributed by atoms with E-state index in [0.717, 1.165) is 40.3 Å². The molecule has 1 saturated carbocycles. The van der Waals surface area contributed by atoms with E-state index >= 15 is 0 Å². The van der Waals surface area contributed by atoms with Crippen molar-refractivity contribution < 1.29 is 9.53 Å². The number of nitrogens with one attached hydrogen (secondary N) is 3. The molecule has 1 aromatic carbocycles. The number of aromatic nitrogens is 5. The summed E-state index contributed by atoms with van der Waals surface area (Å²) in [6, 6.07) is 8.14. The first-order chi connectivity index (χ1) is 14.9. The monoisotopic (exact) mass is 417 g/mol. The lowest BCUT2D eigenvalue weighted by atomic mass is 9.74. The van der Waals surface area contributed by atoms with Gasteiger partial charge in [0.2, 0.25) is 17.7 Å². The fourth-order valence-corrected chi connectivity index (χ4v) is 4.44. The molecule has 3 aromatic heterocycles. The predicted octanol–water partition coefficient (Wildman–Crippen LogP) is 3.05. The Morgan fingerprint density at radius 2 is 2.10 bits per heavy atom. The van der Waals surface area contributed by atoms with Crippen molar-refractivity contribution in [3.05, 3.63) is 36.7 Å². The van der Waals surface area contributed by atoms with Gasteiger partial charge in [-0.1, -0.05) is 6.07 Å². The lowest BCUT2D eigenvalue weighted by Crippen LogP contribution is -2.59. The maximum atomic E-state index is 11.4. The van der Waals surface area contributed by atoms with Gasteiger partial charge in [-0.2, -0.15) is 20.2 Å². The number of methoxy groups -OCH3 is 1. The Hall–Kier alpha value is -3.75. The molecule has 5 rings (SSSR count). The molecule has 0 bridgehead atoms. The molecule has 0 saturated heterocycles. The van der Waals surface area contributed by atoms with E-state index in [2.05, 4.69) is 41.8 Å². The number of rotatable bonds is 5. The number of carbonyl (C=O) groups excluding carboxylic acids is 1. The van der Waals surface area contributed by atoms with Crippen LogP contribution in [0.25, 0.3) is 33.1 Å². The molecule has 0 atom stereocenters. The topological polar surface area (TPSA) is 118 Å². The fraction of sp³-hybridized carbons (Fsp3) is 0.318. The van der Waals surface area contributed by atoms with Crippen LogP contribution in [0.3, 0.4) is 0 Å². The van der Waals surface area contributed by atoms with Crippen LogP contribution < -0.4 is 15.4 Å². The highest BCUT2D eigenvalue weighted by molar-refractivity contribution is 5.99. The van der Waals surface area contributed by atoms with Crippen molar-refractivity contribution in [1.29, 1.82) is 0 Å². The summed E-state index contributed by atoms with van der Waals surface area (Å²) in [5, 5.41) is 16.3. The maximum absolute atomic E-state index is 11.4. The van der Waals surface area contributed by atoms with Gasteiger partial charge >= 0.3 is 0 Å². The molecule has 1 amide bonds. The number of benzene rings is 1. The number of H-pyrrole nitrogens is 1. The van der Waals surface area contributed by atoms with Crippen molar-refractivity contribution in [1.82, 2.24) is 30.5 Å². The van der Waals surface area contributed by atoms with E-state index in [-0.39, 0.29) is 17.5 Å². The Morgan fingerprint density at radius 1 is 1.26 bits per heavy atom. The zero-order valence-electron chi connectivity index (χ0n) is 17.6. The standard InChI is InChI=1S/C22H23N7O2/c1-12(30)28-22(2)9-15(10-22)25-21-26-19-18(20(27-21)31-3)16(11-23-19)13-4-5-17-14(8-13)6-7-24-29-17/h4-8,11,15H,9-10H2,1-3H3,(H,28,30)(H2,23,25,26,27)/t15-,22+. The minimum atomic E-state index is -0.183. The molecule has 3 heterocycles. The van der Waals surface area contributed by atoms with Gasteiger partial charge < -0.3 is 20.4 Å². The number of fused-ring (bicyclic) bond motifs is 2. The van der Waals surface area contributed by atoms with Crippen molar-refractivity contribution >= 4 is 33.8 Å². The number of nitrogens with zero attached hydrogens (tertiary/aromatic N) is 4. The summed E-state index contributed by atoms with van der Waals surface area (Å²) < 4.78 is 5.61. The summed E-state index contributed by atoms with van der Waals surface area (Å²) in [7, 11) is 1.61. The molecule has 9 nitrogen and oxygen atoms in total. The molecule has 0 radical (unpaired) electrons. The second-order valence-electron chi connectivity index (χ2n) is 8.28. The van der Waals surface area contributed by atoms with Crippen LogP contribution in [0.4, 0.5) is 5.95 Å². The van der Waals surface area contributed by atoms with Gasteiger partial charge in [0.05, 0.1) is 24.2 Å². The van der Waals surface area contributed by atoms with Crippen LogP contribution in [0.2, 0.25) is 0 Å². The molecule has 9 heteroatoms. The first-order valence-electron chi connectivity index (χ1n) is 10.1. The third-order valence-corrected chi connectivity index (χ3v) is 5.72. The van der Waals surface area contributed by atoms with Crippen LogP contribution in [0, 0.1) is 0 Å². The minimum Gasteiger partial charge on any atom is -0.480 e. The zero-order valence-corrected chi connectivity index (χ0v) is 17.6. The molecule has 0 aliphatic heterocycles. The van der Waals surface area contributed by atoms with Gasteiger partial charge in [-0.3, -0.25) is 4.79 Å². The van der Waals surface area contributed by atoms with Crippen LogP contribution in [0.5, 0.6) is 5.88 Å². The van der Waals surface area contributed by atoms with Crippen molar-refractivity contribution in [3.63, 3.8) is 0 Å². The second kappa shape index (κ2) is 7.19. The summed E-state index contributed by atoms with van der Waals surface area (Å²) in [5.74, 6) is 0.988. The molecule has 0 unspecified atom stereocenters. The van der Waals surface area contributed by atoms with Crippen LogP contribution in [-0.2, 0) is 4.79 Å². The maximum Gasteiger partial charge on any atom is 0.228 e. The summed E-state index contributed by atoms with van der Waals surface area (Å²) >= 11 is 0. The number of aromatic amines is 1. The summed E-state index contributed by atoms with van der Waals surface area (Å²) in [5.41, 5.74) is 3.32. The SMILES string of the molecule is COc1nc(N[C@H]2C[C@@](C)(NC(C)=O)C2)nc2[nH]cc(-c3ccc4nnccc4c3)c12. The molecule has 1 aliphatic carbocycles. The van der Waals surface area contributed by atoms with E-state index in [9.17, 15) is 4.79 Å². The van der Waals surface area contributed by atoms with Gasteiger partial charge in [0.25, 0.3) is 0 Å². The smallest absolute Gasteiger partial charge is 0.228 e. The molecular weight excluding hydrogens is 394 g/mol. The lowest BCUT2D eigenvalue weighted by molar-refractivity contribution is -0.121. The number of hydrogen-bond donors (Lipinski definition) is 3. The Balaban J connectivity index is 1.45. The third-order valence-electron chi connectivity index (χ3n) is 5.72. The van der Waals surface area contributed by atoms with E-state index in [4.69, 9.17) is 4.74 Å². The van der Waals surface area contributed by atoms with Crippen molar-refractivity contribution in [2.45, 2.75) is 38.3 Å². The van der Waals surface area contributed by atoms with Crippen LogP contribution in [-0.4, -0.2) is 49.7 Å². The highest BCUT2D eigenvalue weighted by Crippen LogP contribution is 2.37. The predicted molar refractivity (Wildman–Crippen MR) is 118 cm³/mol. The summed E-state index contributed by atoms with van der Waals surface area (Å²) in [4.78, 5) is 23.9. The zero-order chi connectivity index (χ0) is 21.6. The average Bonchev–Trinajstić information content (AvgIpc) is 3.15. The number of ether oxygens (including phenoxy) is 1. The van der Waals surface area contributed by atoms with Crippen molar-refractivity contribution in [2.75, 3.05) is 12.4 Å². The molecule has 4 aromatic rings. The number of hydrogen-bond acceptors (Lipinski definition) is 7. The van der Waals surface area contributed by atoms with E-state index in [0.29, 0.717) is 17.5 Å². The van der Waals surface area contributed by atoms with Gasteiger partial charge in [-0.05, 0) is 43.5 Å².